The van der Waals surface area contributed by atoms with Gasteiger partial charge in [0, 0.05) is 42.1 Å². The highest BCUT2D eigenvalue weighted by atomic mass is 35.5. The molecule has 0 aliphatic rings. The van der Waals surface area contributed by atoms with Crippen molar-refractivity contribution in [1.29, 1.82) is 0 Å². The van der Waals surface area contributed by atoms with Crippen LogP contribution in [0.5, 0.6) is 0 Å². The van der Waals surface area contributed by atoms with E-state index >= 15 is 0 Å². The van der Waals surface area contributed by atoms with Crippen LogP contribution in [-0.2, 0) is 6.54 Å². The monoisotopic (exact) mass is 422 g/mol. The average molecular weight is 423 g/mol. The van der Waals surface area contributed by atoms with E-state index in [1.807, 2.05) is 47.9 Å². The van der Waals surface area contributed by atoms with Gasteiger partial charge in [-0.1, -0.05) is 23.7 Å². The molecule has 154 valence electrons. The second-order valence-corrected chi connectivity index (χ2v) is 7.70. The van der Waals surface area contributed by atoms with Crippen LogP contribution >= 0.6 is 11.6 Å². The van der Waals surface area contributed by atoms with Crippen LogP contribution in [0.15, 0.2) is 64.4 Å². The summed E-state index contributed by atoms with van der Waals surface area (Å²) in [6, 6.07) is 16.7. The molecule has 30 heavy (non-hydrogen) atoms. The predicted molar refractivity (Wildman–Crippen MR) is 123 cm³/mol. The zero-order valence-corrected chi connectivity index (χ0v) is 17.6. The quantitative estimate of drug-likeness (QED) is 0.465. The lowest BCUT2D eigenvalue weighted by Crippen LogP contribution is -2.25. The van der Waals surface area contributed by atoms with Crippen molar-refractivity contribution >= 4 is 40.2 Å². The van der Waals surface area contributed by atoms with Gasteiger partial charge in [-0.05, 0) is 48.9 Å². The number of aromatic nitrogens is 2. The maximum atomic E-state index is 12.8. The van der Waals surface area contributed by atoms with Gasteiger partial charge < -0.3 is 15.0 Å². The summed E-state index contributed by atoms with van der Waals surface area (Å²) in [5.41, 5.74) is 4.93. The summed E-state index contributed by atoms with van der Waals surface area (Å²) in [5.74, 6) is 0. The first-order valence-electron chi connectivity index (χ1n) is 9.73. The molecule has 0 aliphatic heterocycles. The highest BCUT2D eigenvalue weighted by Crippen LogP contribution is 2.24. The number of rotatable bonds is 6. The first kappa shape index (κ1) is 20.2. The van der Waals surface area contributed by atoms with Crippen molar-refractivity contribution in [2.75, 3.05) is 18.9 Å². The molecular formula is C23H23ClN4O2. The van der Waals surface area contributed by atoms with Crippen LogP contribution in [0.2, 0.25) is 5.02 Å². The van der Waals surface area contributed by atoms with Crippen molar-refractivity contribution in [2.24, 2.45) is 4.99 Å². The van der Waals surface area contributed by atoms with E-state index in [0.29, 0.717) is 18.1 Å². The van der Waals surface area contributed by atoms with Gasteiger partial charge in [-0.3, -0.25) is 14.2 Å². The summed E-state index contributed by atoms with van der Waals surface area (Å²) < 4.78 is 3.69. The number of anilines is 1. The molecule has 0 saturated carbocycles. The second kappa shape index (κ2) is 8.34. The number of aliphatic imine (C=N–C) groups is 1. The third kappa shape index (κ3) is 3.72. The maximum absolute atomic E-state index is 12.8. The van der Waals surface area contributed by atoms with Crippen LogP contribution in [-0.4, -0.2) is 40.0 Å². The molecule has 6 nitrogen and oxygen atoms in total. The molecule has 0 spiro atoms. The molecule has 2 aromatic carbocycles. The minimum Gasteiger partial charge on any atom is -0.389 e. The van der Waals surface area contributed by atoms with E-state index in [4.69, 9.17) is 11.6 Å². The van der Waals surface area contributed by atoms with Gasteiger partial charge >= 0.3 is 0 Å². The molecule has 1 unspecified atom stereocenters. The Balaban J connectivity index is 1.76. The van der Waals surface area contributed by atoms with Crippen LogP contribution in [0, 0.1) is 6.92 Å². The smallest absolute Gasteiger partial charge is 0.257 e. The van der Waals surface area contributed by atoms with E-state index in [0.717, 1.165) is 33.5 Å². The van der Waals surface area contributed by atoms with E-state index in [1.54, 1.807) is 35.9 Å². The number of aryl methyl sites for hydroxylation is 1. The summed E-state index contributed by atoms with van der Waals surface area (Å²) in [6.45, 7) is 2.58. The Labute approximate surface area is 179 Å². The van der Waals surface area contributed by atoms with Gasteiger partial charge in [0.05, 0.1) is 23.7 Å². The molecule has 1 atom stereocenters. The Hall–Kier alpha value is -3.09. The highest BCUT2D eigenvalue weighted by molar-refractivity contribution is 6.30. The van der Waals surface area contributed by atoms with Gasteiger partial charge in [0.2, 0.25) is 0 Å². The molecule has 0 aliphatic carbocycles. The van der Waals surface area contributed by atoms with Crippen molar-refractivity contribution in [2.45, 2.75) is 19.6 Å². The third-order valence-corrected chi connectivity index (χ3v) is 5.40. The second-order valence-electron chi connectivity index (χ2n) is 7.27. The third-order valence-electron chi connectivity index (χ3n) is 5.14. The summed E-state index contributed by atoms with van der Waals surface area (Å²) in [7, 11) is 1.71. The van der Waals surface area contributed by atoms with Gasteiger partial charge in [-0.15, -0.1) is 0 Å². The zero-order valence-electron chi connectivity index (χ0n) is 16.8. The first-order chi connectivity index (χ1) is 14.5. The number of benzene rings is 2. The average Bonchev–Trinajstić information content (AvgIpc) is 3.05. The number of hydrogen-bond donors (Lipinski definition) is 2. The lowest BCUT2D eigenvalue weighted by molar-refractivity contribution is 0.169. The van der Waals surface area contributed by atoms with Crippen molar-refractivity contribution < 1.29 is 5.11 Å². The molecule has 4 aromatic rings. The number of fused-ring (bicyclic) bond motifs is 3. The Bertz CT molecular complexity index is 1290. The van der Waals surface area contributed by atoms with Crippen molar-refractivity contribution in [1.82, 2.24) is 8.97 Å². The fourth-order valence-electron chi connectivity index (χ4n) is 3.78. The highest BCUT2D eigenvalue weighted by Gasteiger charge is 2.18. The van der Waals surface area contributed by atoms with Gasteiger partial charge in [0.1, 0.15) is 5.65 Å². The molecule has 2 heterocycles. The number of aliphatic hydroxyl groups excluding tert-OH is 1. The number of para-hydroxylation sites is 2. The van der Waals surface area contributed by atoms with E-state index in [9.17, 15) is 9.90 Å². The van der Waals surface area contributed by atoms with E-state index in [-0.39, 0.29) is 5.56 Å². The lowest BCUT2D eigenvalue weighted by Gasteiger charge is -2.16. The number of pyridine rings is 1. The Morgan fingerprint density at radius 3 is 2.57 bits per heavy atom. The Morgan fingerprint density at radius 2 is 1.87 bits per heavy atom. The SMILES string of the molecule is CN=Cc1c(C)cc(=O)n2c3ccccc3n(CC(O)CNc3ccc(Cl)cc3)c12. The summed E-state index contributed by atoms with van der Waals surface area (Å²) >= 11 is 5.93. The molecular weight excluding hydrogens is 400 g/mol. The topological polar surface area (TPSA) is 71.0 Å². The van der Waals surface area contributed by atoms with Crippen molar-refractivity contribution in [3.63, 3.8) is 0 Å². The van der Waals surface area contributed by atoms with E-state index in [1.165, 1.54) is 0 Å². The van der Waals surface area contributed by atoms with Crippen molar-refractivity contribution in [3.8, 4) is 0 Å². The minimum atomic E-state index is -0.678. The molecule has 0 amide bonds. The van der Waals surface area contributed by atoms with E-state index in [2.05, 4.69) is 10.3 Å². The van der Waals surface area contributed by atoms with Crippen molar-refractivity contribution in [3.05, 3.63) is 81.1 Å². The number of imidazole rings is 1. The largest absolute Gasteiger partial charge is 0.389 e. The minimum absolute atomic E-state index is 0.0977. The molecule has 7 heteroatoms. The van der Waals surface area contributed by atoms with Crippen LogP contribution in [0.4, 0.5) is 5.69 Å². The molecule has 0 fully saturated rings. The molecule has 2 N–H and O–H groups in total. The van der Waals surface area contributed by atoms with Crippen LogP contribution in [0.3, 0.4) is 0 Å². The summed E-state index contributed by atoms with van der Waals surface area (Å²) in [5, 5.41) is 14.7. The first-order valence-corrected chi connectivity index (χ1v) is 10.1. The zero-order chi connectivity index (χ0) is 21.3. The molecule has 0 radical (unpaired) electrons. The predicted octanol–water partition coefficient (Wildman–Crippen LogP) is 3.74. The number of halogens is 1. The fourth-order valence-corrected chi connectivity index (χ4v) is 3.90. The summed E-state index contributed by atoms with van der Waals surface area (Å²) in [4.78, 5) is 17.0. The van der Waals surface area contributed by atoms with Crippen LogP contribution < -0.4 is 10.9 Å². The number of nitrogens with one attached hydrogen (secondary N) is 1. The number of aliphatic hydroxyl groups is 1. The molecule has 0 bridgehead atoms. The number of hydrogen-bond acceptors (Lipinski definition) is 4. The lowest BCUT2D eigenvalue weighted by atomic mass is 10.1. The van der Waals surface area contributed by atoms with Crippen LogP contribution in [0.1, 0.15) is 11.1 Å². The fraction of sp³-hybridized carbons (Fsp3) is 0.217. The normalized spacial score (nSPS) is 12.8. The Kier molecular flexibility index (Phi) is 5.61. The molecule has 0 saturated heterocycles. The standard InChI is InChI=1S/C23H23ClN4O2/c1-15-11-22(30)28-21-6-4-3-5-20(21)27(23(28)19(15)13-25-2)14-18(29)12-26-17-9-7-16(24)8-10-17/h3-11,13,18,26,29H,12,14H2,1-2H3. The van der Waals surface area contributed by atoms with Crippen LogP contribution in [0.25, 0.3) is 16.7 Å². The Morgan fingerprint density at radius 1 is 1.17 bits per heavy atom. The summed E-state index contributed by atoms with van der Waals surface area (Å²) in [6.07, 6.45) is 1.08. The van der Waals surface area contributed by atoms with Gasteiger partial charge in [-0.25, -0.2) is 0 Å². The number of nitrogens with zero attached hydrogens (tertiary/aromatic N) is 3. The molecule has 2 aromatic heterocycles. The molecule has 4 rings (SSSR count). The van der Waals surface area contributed by atoms with Gasteiger partial charge in [0.15, 0.2) is 0 Å². The van der Waals surface area contributed by atoms with E-state index < -0.39 is 6.10 Å². The van der Waals surface area contributed by atoms with Gasteiger partial charge in [-0.2, -0.15) is 0 Å². The maximum Gasteiger partial charge on any atom is 0.257 e. The van der Waals surface area contributed by atoms with Gasteiger partial charge in [0.25, 0.3) is 5.56 Å².